The smallest absolute Gasteiger partial charge is 0.271 e. The highest BCUT2D eigenvalue weighted by Gasteiger charge is 2.28. The molecule has 0 aliphatic carbocycles. The number of benzene rings is 2. The molecular weight excluding hydrogens is 329 g/mol. The molecular formula is C17H14FN3O4. The van der Waals surface area contributed by atoms with Crippen LogP contribution in [0.1, 0.15) is 22.8 Å². The Hall–Kier alpha value is -3.29. The molecule has 7 nitrogen and oxygen atoms in total. The second-order valence-corrected chi connectivity index (χ2v) is 5.65. The molecule has 1 aliphatic rings. The number of rotatable bonds is 3. The maximum atomic E-state index is 13.7. The maximum absolute atomic E-state index is 13.7. The number of hydrogen-bond acceptors (Lipinski definition) is 4. The summed E-state index contributed by atoms with van der Waals surface area (Å²) in [5.41, 5.74) is 1.31. The molecule has 0 spiro atoms. The lowest BCUT2D eigenvalue weighted by atomic mass is 10.1. The molecule has 0 aromatic heterocycles. The van der Waals surface area contributed by atoms with Gasteiger partial charge in [0.05, 0.1) is 16.3 Å². The minimum atomic E-state index is -0.649. The van der Waals surface area contributed by atoms with Crippen LogP contribution in [-0.4, -0.2) is 23.3 Å². The Bertz CT molecular complexity index is 897. The van der Waals surface area contributed by atoms with E-state index in [1.807, 2.05) is 0 Å². The molecule has 0 radical (unpaired) electrons. The van der Waals surface area contributed by atoms with Gasteiger partial charge in [-0.1, -0.05) is 6.07 Å². The van der Waals surface area contributed by atoms with Crippen LogP contribution >= 0.6 is 0 Å². The van der Waals surface area contributed by atoms with Crippen LogP contribution in [0.5, 0.6) is 0 Å². The highest BCUT2D eigenvalue weighted by Crippen LogP contribution is 2.33. The molecule has 8 heteroatoms. The lowest BCUT2D eigenvalue weighted by Crippen LogP contribution is -2.29. The Morgan fingerprint density at radius 3 is 2.68 bits per heavy atom. The zero-order valence-electron chi connectivity index (χ0n) is 13.3. The van der Waals surface area contributed by atoms with E-state index in [0.29, 0.717) is 18.7 Å². The van der Waals surface area contributed by atoms with Gasteiger partial charge in [-0.05, 0) is 30.2 Å². The second kappa shape index (κ2) is 6.31. The first-order valence-corrected chi connectivity index (χ1v) is 7.53. The summed E-state index contributed by atoms with van der Waals surface area (Å²) in [7, 11) is 0. The summed E-state index contributed by atoms with van der Waals surface area (Å²) >= 11 is 0. The minimum absolute atomic E-state index is 0.0863. The van der Waals surface area contributed by atoms with Gasteiger partial charge in [-0.25, -0.2) is 4.39 Å². The topological polar surface area (TPSA) is 92.6 Å². The quantitative estimate of drug-likeness (QED) is 0.685. The van der Waals surface area contributed by atoms with E-state index in [4.69, 9.17) is 0 Å². The van der Waals surface area contributed by atoms with E-state index in [1.165, 1.54) is 36.1 Å². The Balaban J connectivity index is 1.95. The average molecular weight is 343 g/mol. The van der Waals surface area contributed by atoms with Crippen molar-refractivity contribution in [3.63, 3.8) is 0 Å². The normalized spacial score (nSPS) is 12.6. The van der Waals surface area contributed by atoms with Crippen molar-refractivity contribution in [1.29, 1.82) is 0 Å². The number of nitrogens with one attached hydrogen (secondary N) is 1. The van der Waals surface area contributed by atoms with Gasteiger partial charge in [0.1, 0.15) is 5.82 Å². The van der Waals surface area contributed by atoms with E-state index in [1.54, 1.807) is 6.07 Å². The third-order valence-electron chi connectivity index (χ3n) is 3.94. The van der Waals surface area contributed by atoms with Crippen molar-refractivity contribution in [1.82, 2.24) is 0 Å². The van der Waals surface area contributed by atoms with Gasteiger partial charge in [-0.3, -0.25) is 19.7 Å². The van der Waals surface area contributed by atoms with Crippen molar-refractivity contribution in [2.75, 3.05) is 16.8 Å². The summed E-state index contributed by atoms with van der Waals surface area (Å²) in [6.07, 6.45) is 0.582. The largest absolute Gasteiger partial charge is 0.324 e. The molecule has 1 aliphatic heterocycles. The van der Waals surface area contributed by atoms with Crippen LogP contribution in [0.15, 0.2) is 36.4 Å². The molecule has 2 aromatic carbocycles. The first-order chi connectivity index (χ1) is 11.9. The fourth-order valence-electron chi connectivity index (χ4n) is 2.79. The molecule has 1 heterocycles. The number of carbonyl (C=O) groups is 2. The van der Waals surface area contributed by atoms with E-state index >= 15 is 0 Å². The van der Waals surface area contributed by atoms with Gasteiger partial charge in [0, 0.05) is 31.2 Å². The van der Waals surface area contributed by atoms with Gasteiger partial charge >= 0.3 is 0 Å². The number of anilines is 2. The third kappa shape index (κ3) is 3.18. The van der Waals surface area contributed by atoms with Gasteiger partial charge in [0.25, 0.3) is 11.6 Å². The number of non-ortho nitro benzene ring substituents is 1. The lowest BCUT2D eigenvalue weighted by Gasteiger charge is -2.18. The highest BCUT2D eigenvalue weighted by molar-refractivity contribution is 6.08. The molecule has 0 saturated heterocycles. The number of amides is 2. The molecule has 1 N–H and O–H groups in total. The van der Waals surface area contributed by atoms with Crippen LogP contribution in [0.4, 0.5) is 21.5 Å². The molecule has 0 bridgehead atoms. The lowest BCUT2D eigenvalue weighted by molar-refractivity contribution is -0.384. The van der Waals surface area contributed by atoms with Crippen LogP contribution in [0.3, 0.4) is 0 Å². The summed E-state index contributed by atoms with van der Waals surface area (Å²) in [6, 6.07) is 8.07. The highest BCUT2D eigenvalue weighted by atomic mass is 19.1. The zero-order valence-corrected chi connectivity index (χ0v) is 13.3. The zero-order chi connectivity index (χ0) is 18.1. The first-order valence-electron chi connectivity index (χ1n) is 7.53. The van der Waals surface area contributed by atoms with E-state index in [2.05, 4.69) is 5.32 Å². The summed E-state index contributed by atoms with van der Waals surface area (Å²) in [5, 5.41) is 13.3. The number of fused-ring (bicyclic) bond motifs is 1. The van der Waals surface area contributed by atoms with Crippen LogP contribution in [0, 0.1) is 15.9 Å². The average Bonchev–Trinajstić information content (AvgIpc) is 2.98. The molecule has 25 heavy (non-hydrogen) atoms. The van der Waals surface area contributed by atoms with Gasteiger partial charge in [-0.15, -0.1) is 0 Å². The summed E-state index contributed by atoms with van der Waals surface area (Å²) in [4.78, 5) is 35.7. The van der Waals surface area contributed by atoms with E-state index in [9.17, 15) is 24.1 Å². The number of nitrogens with zero attached hydrogens (tertiary/aromatic N) is 2. The fraction of sp³-hybridized carbons (Fsp3) is 0.176. The predicted octanol–water partition coefficient (Wildman–Crippen LogP) is 2.90. The van der Waals surface area contributed by atoms with Crippen LogP contribution in [0.2, 0.25) is 0 Å². The maximum Gasteiger partial charge on any atom is 0.271 e. The van der Waals surface area contributed by atoms with E-state index < -0.39 is 22.6 Å². The summed E-state index contributed by atoms with van der Waals surface area (Å²) in [5.74, 6) is -1.51. The van der Waals surface area contributed by atoms with Crippen LogP contribution in [0.25, 0.3) is 0 Å². The molecule has 2 aromatic rings. The second-order valence-electron chi connectivity index (χ2n) is 5.65. The van der Waals surface area contributed by atoms with Crippen molar-refractivity contribution in [2.24, 2.45) is 0 Å². The SMILES string of the molecule is CC(=O)Nc1cc(C(=O)N2CCc3ccc([N+](=O)[O-])cc32)ccc1F. The monoisotopic (exact) mass is 343 g/mol. The molecule has 0 atom stereocenters. The Kier molecular flexibility index (Phi) is 4.18. The van der Waals surface area contributed by atoms with Gasteiger partial charge in [0.2, 0.25) is 5.91 Å². The third-order valence-corrected chi connectivity index (χ3v) is 3.94. The molecule has 128 valence electrons. The number of hydrogen-bond donors (Lipinski definition) is 1. The van der Waals surface area contributed by atoms with Crippen LogP contribution in [-0.2, 0) is 11.2 Å². The number of nitro groups is 1. The summed E-state index contributed by atoms with van der Waals surface area (Å²) < 4.78 is 13.7. The Labute approximate surface area is 142 Å². The standard InChI is InChI=1S/C17H14FN3O4/c1-10(22)19-15-8-12(3-5-14(15)18)17(23)20-7-6-11-2-4-13(21(24)25)9-16(11)20/h2-5,8-9H,6-7H2,1H3,(H,19,22). The van der Waals surface area contributed by atoms with E-state index in [-0.39, 0.29) is 16.9 Å². The predicted molar refractivity (Wildman–Crippen MR) is 89.2 cm³/mol. The van der Waals surface area contributed by atoms with Crippen molar-refractivity contribution >= 4 is 28.9 Å². The first kappa shape index (κ1) is 16.6. The molecule has 0 unspecified atom stereocenters. The minimum Gasteiger partial charge on any atom is -0.324 e. The van der Waals surface area contributed by atoms with Crippen LogP contribution < -0.4 is 10.2 Å². The number of halogens is 1. The van der Waals surface area contributed by atoms with Crippen molar-refractivity contribution in [3.8, 4) is 0 Å². The van der Waals surface area contributed by atoms with Crippen molar-refractivity contribution in [3.05, 3.63) is 63.5 Å². The Morgan fingerprint density at radius 1 is 1.24 bits per heavy atom. The molecule has 0 saturated carbocycles. The number of nitro benzene ring substituents is 1. The Morgan fingerprint density at radius 2 is 2.00 bits per heavy atom. The fourth-order valence-corrected chi connectivity index (χ4v) is 2.79. The number of carbonyl (C=O) groups excluding carboxylic acids is 2. The molecule has 0 fully saturated rings. The van der Waals surface area contributed by atoms with Gasteiger partial charge in [0.15, 0.2) is 0 Å². The molecule has 2 amide bonds. The van der Waals surface area contributed by atoms with Crippen molar-refractivity contribution in [2.45, 2.75) is 13.3 Å². The van der Waals surface area contributed by atoms with E-state index in [0.717, 1.165) is 11.6 Å². The van der Waals surface area contributed by atoms with Crippen molar-refractivity contribution < 1.29 is 18.9 Å². The molecule has 3 rings (SSSR count). The van der Waals surface area contributed by atoms with Gasteiger partial charge < -0.3 is 10.2 Å². The summed E-state index contributed by atoms with van der Waals surface area (Å²) in [6.45, 7) is 1.62. The van der Waals surface area contributed by atoms with Gasteiger partial charge in [-0.2, -0.15) is 0 Å².